The standard InChI is InChI=1S/C11H20O/c1-4-11(3,5-2)12-10-8-6-7-9-10/h6-7,10H,4-5,8-9H2,1-3H3. The van der Waals surface area contributed by atoms with Gasteiger partial charge in [-0.1, -0.05) is 26.0 Å². The second-order valence-corrected chi connectivity index (χ2v) is 3.84. The molecule has 0 saturated carbocycles. The lowest BCUT2D eigenvalue weighted by Gasteiger charge is -2.30. The van der Waals surface area contributed by atoms with Crippen LogP contribution in [-0.2, 0) is 4.74 Å². The van der Waals surface area contributed by atoms with Crippen LogP contribution < -0.4 is 0 Å². The van der Waals surface area contributed by atoms with Crippen molar-refractivity contribution >= 4 is 0 Å². The Morgan fingerprint density at radius 1 is 1.25 bits per heavy atom. The van der Waals surface area contributed by atoms with E-state index in [0.29, 0.717) is 6.10 Å². The second kappa shape index (κ2) is 4.08. The van der Waals surface area contributed by atoms with Crippen LogP contribution in [0.4, 0.5) is 0 Å². The third-order valence-corrected chi connectivity index (χ3v) is 2.91. The van der Waals surface area contributed by atoms with Crippen molar-refractivity contribution in [3.05, 3.63) is 12.2 Å². The molecule has 0 amide bonds. The predicted molar refractivity (Wildman–Crippen MR) is 52.2 cm³/mol. The van der Waals surface area contributed by atoms with Crippen LogP contribution in [0.15, 0.2) is 12.2 Å². The van der Waals surface area contributed by atoms with Gasteiger partial charge < -0.3 is 4.74 Å². The van der Waals surface area contributed by atoms with Crippen LogP contribution in [0.3, 0.4) is 0 Å². The van der Waals surface area contributed by atoms with Crippen LogP contribution in [0.25, 0.3) is 0 Å². The van der Waals surface area contributed by atoms with Gasteiger partial charge in [-0.3, -0.25) is 0 Å². The van der Waals surface area contributed by atoms with E-state index < -0.39 is 0 Å². The lowest BCUT2D eigenvalue weighted by molar-refractivity contribution is -0.0817. The van der Waals surface area contributed by atoms with Crippen LogP contribution in [0.2, 0.25) is 0 Å². The fraction of sp³-hybridized carbons (Fsp3) is 0.818. The van der Waals surface area contributed by atoms with Crippen molar-refractivity contribution in [3.8, 4) is 0 Å². The van der Waals surface area contributed by atoms with Crippen LogP contribution in [-0.4, -0.2) is 11.7 Å². The average Bonchev–Trinajstić information content (AvgIpc) is 2.57. The first kappa shape index (κ1) is 9.79. The molecule has 0 saturated heterocycles. The number of hydrogen-bond acceptors (Lipinski definition) is 1. The van der Waals surface area contributed by atoms with Crippen molar-refractivity contribution in [1.29, 1.82) is 0 Å². The maximum atomic E-state index is 6.03. The summed E-state index contributed by atoms with van der Waals surface area (Å²) >= 11 is 0. The molecule has 0 radical (unpaired) electrons. The Labute approximate surface area is 75.8 Å². The van der Waals surface area contributed by atoms with Gasteiger partial charge >= 0.3 is 0 Å². The van der Waals surface area contributed by atoms with E-state index in [1.54, 1.807) is 0 Å². The van der Waals surface area contributed by atoms with Crippen LogP contribution >= 0.6 is 0 Å². The van der Waals surface area contributed by atoms with Gasteiger partial charge in [-0.25, -0.2) is 0 Å². The van der Waals surface area contributed by atoms with E-state index in [9.17, 15) is 0 Å². The van der Waals surface area contributed by atoms with E-state index in [2.05, 4.69) is 32.9 Å². The Morgan fingerprint density at radius 3 is 2.17 bits per heavy atom. The Kier molecular flexibility index (Phi) is 3.33. The van der Waals surface area contributed by atoms with Gasteiger partial charge in [0.25, 0.3) is 0 Å². The minimum Gasteiger partial charge on any atom is -0.371 e. The van der Waals surface area contributed by atoms with E-state index in [1.807, 2.05) is 0 Å². The number of hydrogen-bond donors (Lipinski definition) is 0. The summed E-state index contributed by atoms with van der Waals surface area (Å²) in [7, 11) is 0. The molecule has 1 heteroatoms. The molecular weight excluding hydrogens is 148 g/mol. The molecule has 0 atom stereocenters. The summed E-state index contributed by atoms with van der Waals surface area (Å²) in [6.45, 7) is 6.61. The molecule has 0 fully saturated rings. The Balaban J connectivity index is 2.36. The second-order valence-electron chi connectivity index (χ2n) is 3.84. The molecular formula is C11H20O. The summed E-state index contributed by atoms with van der Waals surface area (Å²) < 4.78 is 6.03. The molecule has 0 bridgehead atoms. The summed E-state index contributed by atoms with van der Waals surface area (Å²) in [6, 6.07) is 0. The van der Waals surface area contributed by atoms with Crippen molar-refractivity contribution in [2.75, 3.05) is 0 Å². The van der Waals surface area contributed by atoms with Gasteiger partial charge in [0, 0.05) is 0 Å². The van der Waals surface area contributed by atoms with E-state index in [1.165, 1.54) is 0 Å². The van der Waals surface area contributed by atoms with Gasteiger partial charge in [0.05, 0.1) is 11.7 Å². The summed E-state index contributed by atoms with van der Waals surface area (Å²) in [5.41, 5.74) is 0.108. The summed E-state index contributed by atoms with van der Waals surface area (Å²) in [5.74, 6) is 0. The van der Waals surface area contributed by atoms with Gasteiger partial charge in [0.15, 0.2) is 0 Å². The third-order valence-electron chi connectivity index (χ3n) is 2.91. The first-order valence-corrected chi connectivity index (χ1v) is 5.03. The first-order chi connectivity index (χ1) is 5.70. The molecule has 0 N–H and O–H groups in total. The topological polar surface area (TPSA) is 9.23 Å². The zero-order valence-electron chi connectivity index (χ0n) is 8.47. The quantitative estimate of drug-likeness (QED) is 0.585. The highest BCUT2D eigenvalue weighted by Crippen LogP contribution is 2.26. The van der Waals surface area contributed by atoms with Crippen molar-refractivity contribution in [2.45, 2.75) is 58.2 Å². The number of rotatable bonds is 4. The molecule has 1 rings (SSSR count). The van der Waals surface area contributed by atoms with E-state index >= 15 is 0 Å². The highest BCUT2D eigenvalue weighted by molar-refractivity contribution is 4.96. The molecule has 1 aliphatic carbocycles. The average molecular weight is 168 g/mol. The highest BCUT2D eigenvalue weighted by Gasteiger charge is 2.25. The smallest absolute Gasteiger partial charge is 0.0653 e. The summed E-state index contributed by atoms with van der Waals surface area (Å²) in [4.78, 5) is 0. The van der Waals surface area contributed by atoms with Crippen LogP contribution in [0, 0.1) is 0 Å². The molecule has 0 spiro atoms. The van der Waals surface area contributed by atoms with Crippen molar-refractivity contribution < 1.29 is 4.74 Å². The Hall–Kier alpha value is -0.300. The molecule has 0 heterocycles. The fourth-order valence-corrected chi connectivity index (χ4v) is 1.51. The fourth-order valence-electron chi connectivity index (χ4n) is 1.51. The lowest BCUT2D eigenvalue weighted by Crippen LogP contribution is -2.31. The summed E-state index contributed by atoms with van der Waals surface area (Å²) in [5, 5.41) is 0. The molecule has 0 unspecified atom stereocenters. The SMILES string of the molecule is CCC(C)(CC)OC1CC=CC1. The molecule has 0 aromatic carbocycles. The zero-order chi connectivity index (χ0) is 9.03. The molecule has 70 valence electrons. The highest BCUT2D eigenvalue weighted by atomic mass is 16.5. The number of ether oxygens (including phenoxy) is 1. The van der Waals surface area contributed by atoms with Crippen molar-refractivity contribution in [2.24, 2.45) is 0 Å². The van der Waals surface area contributed by atoms with Crippen LogP contribution in [0.1, 0.15) is 46.5 Å². The zero-order valence-corrected chi connectivity index (χ0v) is 8.47. The monoisotopic (exact) mass is 168 g/mol. The first-order valence-electron chi connectivity index (χ1n) is 5.03. The predicted octanol–water partition coefficient (Wildman–Crippen LogP) is 3.30. The minimum absolute atomic E-state index is 0.108. The molecule has 0 aromatic heterocycles. The maximum Gasteiger partial charge on any atom is 0.0653 e. The normalized spacial score (nSPS) is 18.9. The van der Waals surface area contributed by atoms with Crippen LogP contribution in [0.5, 0.6) is 0 Å². The van der Waals surface area contributed by atoms with E-state index in [0.717, 1.165) is 25.7 Å². The van der Waals surface area contributed by atoms with Gasteiger partial charge in [0.2, 0.25) is 0 Å². The Morgan fingerprint density at radius 2 is 1.75 bits per heavy atom. The third kappa shape index (κ3) is 2.34. The molecule has 0 aliphatic heterocycles. The maximum absolute atomic E-state index is 6.03. The van der Waals surface area contributed by atoms with Gasteiger partial charge in [-0.2, -0.15) is 0 Å². The van der Waals surface area contributed by atoms with Crippen molar-refractivity contribution in [1.82, 2.24) is 0 Å². The van der Waals surface area contributed by atoms with Gasteiger partial charge in [-0.15, -0.1) is 0 Å². The lowest BCUT2D eigenvalue weighted by atomic mass is 9.99. The van der Waals surface area contributed by atoms with Crippen molar-refractivity contribution in [3.63, 3.8) is 0 Å². The van der Waals surface area contributed by atoms with Gasteiger partial charge in [0.1, 0.15) is 0 Å². The van der Waals surface area contributed by atoms with E-state index in [-0.39, 0.29) is 5.60 Å². The summed E-state index contributed by atoms with van der Waals surface area (Å²) in [6.07, 6.45) is 9.33. The largest absolute Gasteiger partial charge is 0.371 e. The molecule has 0 aromatic rings. The van der Waals surface area contributed by atoms with E-state index in [4.69, 9.17) is 4.74 Å². The molecule has 1 nitrogen and oxygen atoms in total. The molecule has 12 heavy (non-hydrogen) atoms. The molecule has 1 aliphatic rings. The Bertz CT molecular complexity index is 148. The minimum atomic E-state index is 0.108. The van der Waals surface area contributed by atoms with Gasteiger partial charge in [-0.05, 0) is 32.6 Å².